The van der Waals surface area contributed by atoms with Gasteiger partial charge in [0.05, 0.1) is 12.1 Å². The van der Waals surface area contributed by atoms with Crippen LogP contribution in [0.3, 0.4) is 0 Å². The number of ether oxygens (including phenoxy) is 2. The quantitative estimate of drug-likeness (QED) is 0.376. The van der Waals surface area contributed by atoms with Crippen LogP contribution in [0.1, 0.15) is 28.7 Å². The van der Waals surface area contributed by atoms with Crippen LogP contribution in [0.2, 0.25) is 0 Å². The van der Waals surface area contributed by atoms with Crippen LogP contribution >= 0.6 is 12.2 Å². The summed E-state index contributed by atoms with van der Waals surface area (Å²) >= 11 is 5.76. The molecule has 0 unspecified atom stereocenters. The minimum Gasteiger partial charge on any atom is -0.454 e. The van der Waals surface area contributed by atoms with Crippen LogP contribution < -0.4 is 20.3 Å². The van der Waals surface area contributed by atoms with Gasteiger partial charge in [-0.15, -0.1) is 0 Å². The predicted molar refractivity (Wildman–Crippen MR) is 140 cm³/mol. The number of aromatic amines is 1. The molecule has 2 aromatic carbocycles. The molecular weight excluding hydrogens is 448 g/mol. The molecule has 4 rings (SSSR count). The van der Waals surface area contributed by atoms with Gasteiger partial charge >= 0.3 is 0 Å². The van der Waals surface area contributed by atoms with Crippen molar-refractivity contribution in [2.75, 3.05) is 34.0 Å². The first-order valence-corrected chi connectivity index (χ1v) is 11.9. The van der Waals surface area contributed by atoms with Crippen molar-refractivity contribution in [3.05, 3.63) is 69.0 Å². The molecule has 0 spiro atoms. The second-order valence-corrected chi connectivity index (χ2v) is 9.41. The zero-order valence-corrected chi connectivity index (χ0v) is 21.1. The maximum atomic E-state index is 13.0. The maximum Gasteiger partial charge on any atom is 0.253 e. The molecule has 7 nitrogen and oxygen atoms in total. The molecule has 8 heteroatoms. The van der Waals surface area contributed by atoms with Crippen molar-refractivity contribution in [2.24, 2.45) is 0 Å². The molecular formula is C26H32N4O3S. The Hall–Kier alpha value is -3.10. The van der Waals surface area contributed by atoms with Crippen molar-refractivity contribution in [1.82, 2.24) is 20.1 Å². The fraction of sp³-hybridized carbons (Fsp3) is 0.385. The fourth-order valence-electron chi connectivity index (χ4n) is 4.05. The minimum absolute atomic E-state index is 0.0905. The third-order valence-electron chi connectivity index (χ3n) is 6.15. The molecule has 1 aromatic heterocycles. The average Bonchev–Trinajstić information content (AvgIpc) is 3.27. The molecule has 34 heavy (non-hydrogen) atoms. The second-order valence-electron chi connectivity index (χ2n) is 9.03. The van der Waals surface area contributed by atoms with E-state index in [1.165, 1.54) is 0 Å². The van der Waals surface area contributed by atoms with Gasteiger partial charge in [-0.25, -0.2) is 0 Å². The van der Waals surface area contributed by atoms with Crippen LogP contribution in [0, 0.1) is 13.8 Å². The van der Waals surface area contributed by atoms with Crippen LogP contribution in [-0.2, 0) is 13.1 Å². The normalized spacial score (nSPS) is 12.4. The monoisotopic (exact) mass is 480 g/mol. The number of aryl methyl sites for hydroxylation is 2. The largest absolute Gasteiger partial charge is 0.454 e. The van der Waals surface area contributed by atoms with Gasteiger partial charge < -0.3 is 29.6 Å². The number of hydrogen-bond donors (Lipinski definition) is 2. The lowest BCUT2D eigenvalue weighted by Crippen LogP contribution is -2.40. The van der Waals surface area contributed by atoms with E-state index in [1.54, 1.807) is 0 Å². The van der Waals surface area contributed by atoms with Gasteiger partial charge in [0.2, 0.25) is 6.79 Å². The molecule has 0 atom stereocenters. The SMILES string of the molecule is Cc1ccc2cc(CN(Cc3ccc4c(c3)OCO4)C(=S)NCCCN(C)C)c(=O)[nH]c2c1C. The zero-order chi connectivity index (χ0) is 24.2. The fourth-order valence-corrected chi connectivity index (χ4v) is 4.29. The number of hydrogen-bond acceptors (Lipinski definition) is 5. The summed E-state index contributed by atoms with van der Waals surface area (Å²) in [5, 5.41) is 5.01. The molecule has 0 saturated carbocycles. The highest BCUT2D eigenvalue weighted by Gasteiger charge is 2.18. The number of benzene rings is 2. The van der Waals surface area contributed by atoms with Crippen molar-refractivity contribution in [2.45, 2.75) is 33.4 Å². The van der Waals surface area contributed by atoms with Crippen molar-refractivity contribution in [3.8, 4) is 11.5 Å². The van der Waals surface area contributed by atoms with Crippen molar-refractivity contribution >= 4 is 28.2 Å². The molecule has 0 saturated heterocycles. The number of rotatable bonds is 8. The maximum absolute atomic E-state index is 13.0. The first kappa shape index (κ1) is 24.0. The third-order valence-corrected chi connectivity index (χ3v) is 6.55. The molecule has 3 aromatic rings. The summed E-state index contributed by atoms with van der Waals surface area (Å²) in [5.74, 6) is 1.48. The second kappa shape index (κ2) is 10.4. The Balaban J connectivity index is 1.58. The van der Waals surface area contributed by atoms with Gasteiger partial charge in [-0.2, -0.15) is 0 Å². The van der Waals surface area contributed by atoms with E-state index in [0.717, 1.165) is 58.6 Å². The topological polar surface area (TPSA) is 69.8 Å². The lowest BCUT2D eigenvalue weighted by molar-refractivity contribution is 0.174. The minimum atomic E-state index is -0.0905. The van der Waals surface area contributed by atoms with E-state index in [2.05, 4.69) is 48.4 Å². The number of nitrogens with one attached hydrogen (secondary N) is 2. The highest BCUT2D eigenvalue weighted by molar-refractivity contribution is 7.80. The number of pyridine rings is 1. The summed E-state index contributed by atoms with van der Waals surface area (Å²) in [5.41, 5.74) is 4.76. The van der Waals surface area contributed by atoms with Gasteiger partial charge in [0.15, 0.2) is 16.6 Å². The van der Waals surface area contributed by atoms with Gasteiger partial charge in [-0.05, 0) is 93.4 Å². The van der Waals surface area contributed by atoms with Crippen LogP contribution in [0.15, 0.2) is 41.2 Å². The number of fused-ring (bicyclic) bond motifs is 2. The lowest BCUT2D eigenvalue weighted by atomic mass is 10.0. The molecule has 0 aliphatic carbocycles. The molecule has 0 amide bonds. The van der Waals surface area contributed by atoms with E-state index < -0.39 is 0 Å². The van der Waals surface area contributed by atoms with Crippen molar-refractivity contribution < 1.29 is 9.47 Å². The summed E-state index contributed by atoms with van der Waals surface area (Å²) in [4.78, 5) is 20.3. The number of H-pyrrole nitrogens is 1. The van der Waals surface area contributed by atoms with Gasteiger partial charge in [0.25, 0.3) is 5.56 Å². The lowest BCUT2D eigenvalue weighted by Gasteiger charge is -2.26. The van der Waals surface area contributed by atoms with E-state index in [-0.39, 0.29) is 12.4 Å². The first-order chi connectivity index (χ1) is 16.3. The summed E-state index contributed by atoms with van der Waals surface area (Å²) in [6, 6.07) is 12.0. The Bertz CT molecular complexity index is 1250. The van der Waals surface area contributed by atoms with E-state index in [4.69, 9.17) is 21.7 Å². The van der Waals surface area contributed by atoms with Gasteiger partial charge in [0, 0.05) is 18.7 Å². The summed E-state index contributed by atoms with van der Waals surface area (Å²) in [6.45, 7) is 7.00. The molecule has 180 valence electrons. The highest BCUT2D eigenvalue weighted by atomic mass is 32.1. The van der Waals surface area contributed by atoms with Crippen molar-refractivity contribution in [3.63, 3.8) is 0 Å². The highest BCUT2D eigenvalue weighted by Crippen LogP contribution is 2.33. The Labute approximate surface area is 205 Å². The molecule has 1 aliphatic rings. The smallest absolute Gasteiger partial charge is 0.253 e. The van der Waals surface area contributed by atoms with Crippen LogP contribution in [0.4, 0.5) is 0 Å². The van der Waals surface area contributed by atoms with Gasteiger partial charge in [0.1, 0.15) is 0 Å². The zero-order valence-electron chi connectivity index (χ0n) is 20.2. The van der Waals surface area contributed by atoms with Gasteiger partial charge in [-0.3, -0.25) is 4.79 Å². The van der Waals surface area contributed by atoms with E-state index in [9.17, 15) is 4.79 Å². The molecule has 0 fully saturated rings. The number of thiocarbonyl (C=S) groups is 1. The summed E-state index contributed by atoms with van der Waals surface area (Å²) < 4.78 is 11.0. The third kappa shape index (κ3) is 5.51. The van der Waals surface area contributed by atoms with E-state index in [1.807, 2.05) is 36.1 Å². The Morgan fingerprint density at radius 1 is 1.09 bits per heavy atom. The molecule has 2 N–H and O–H groups in total. The molecule has 2 heterocycles. The van der Waals surface area contributed by atoms with E-state index >= 15 is 0 Å². The first-order valence-electron chi connectivity index (χ1n) is 11.5. The molecule has 1 aliphatic heterocycles. The Morgan fingerprint density at radius 3 is 2.68 bits per heavy atom. The Kier molecular flexibility index (Phi) is 7.38. The molecule has 0 radical (unpaired) electrons. The number of nitrogens with zero attached hydrogens (tertiary/aromatic N) is 2. The Morgan fingerprint density at radius 2 is 1.88 bits per heavy atom. The summed E-state index contributed by atoms with van der Waals surface area (Å²) in [7, 11) is 4.11. The predicted octanol–water partition coefficient (Wildman–Crippen LogP) is 3.70. The van der Waals surface area contributed by atoms with Crippen LogP contribution in [0.25, 0.3) is 10.9 Å². The van der Waals surface area contributed by atoms with E-state index in [0.29, 0.717) is 23.8 Å². The standard InChI is InChI=1S/C26H32N4O3S/c1-17-6-8-20-13-21(25(31)28-24(20)18(17)2)15-30(26(34)27-10-5-11-29(3)4)14-19-7-9-22-23(12-19)33-16-32-22/h6-9,12-13H,5,10-11,14-16H2,1-4H3,(H,27,34)(H,28,31). The van der Waals surface area contributed by atoms with Crippen molar-refractivity contribution in [1.29, 1.82) is 0 Å². The number of aromatic nitrogens is 1. The van der Waals surface area contributed by atoms with Crippen LogP contribution in [0.5, 0.6) is 11.5 Å². The van der Waals surface area contributed by atoms with Crippen LogP contribution in [-0.4, -0.2) is 53.9 Å². The summed E-state index contributed by atoms with van der Waals surface area (Å²) in [6.07, 6.45) is 0.972. The molecule has 0 bridgehead atoms. The van der Waals surface area contributed by atoms with Gasteiger partial charge in [-0.1, -0.05) is 18.2 Å². The average molecular weight is 481 g/mol.